The van der Waals surface area contributed by atoms with Crippen molar-refractivity contribution in [1.29, 1.82) is 0 Å². The number of nitrogens with two attached hydrogens (primary N) is 1. The number of oxime groups is 1. The Kier molecular flexibility index (Phi) is 12.8. The van der Waals surface area contributed by atoms with E-state index in [1.165, 1.54) is 16.7 Å². The van der Waals surface area contributed by atoms with Crippen LogP contribution in [0.2, 0.25) is 0 Å². The van der Waals surface area contributed by atoms with Gasteiger partial charge in [0.2, 0.25) is 17.4 Å². The number of fused-ring (bicyclic) bond motifs is 1. The third kappa shape index (κ3) is 8.25. The fourth-order valence-corrected chi connectivity index (χ4v) is 7.44. The lowest BCUT2D eigenvalue weighted by Gasteiger charge is -2.49. The van der Waals surface area contributed by atoms with E-state index in [4.69, 9.17) is 15.2 Å². The molecule has 0 saturated carbocycles. The highest BCUT2D eigenvalue weighted by Crippen LogP contribution is 2.42. The molecule has 3 atom stereocenters. The lowest BCUT2D eigenvalue weighted by Crippen LogP contribution is -2.71. The molecule has 3 fully saturated rings. The van der Waals surface area contributed by atoms with Crippen LogP contribution in [0.5, 0.6) is 0 Å². The standard InChI is InChI=1S/C30H38N8O8S2.ClH/c1-4-5-17(28(42)45-12-15(2)3)13-46-29(43)22-18(10-16-7-9-37(25(16)40)19-6-8-32-11-19)14-47-27-21(26(41)38(22)27)33-24(39)20(35-44)23-34-30(31)48-36-23;/h5,10,15,19,21,27,32,44H,4,6-9,11-14H2,1-3H3,(H,33,39)(H2,31,34,36);1H/b16-10+,17-5+,35-20-;/t19?,21-,27?;/m1./s1. The summed E-state index contributed by atoms with van der Waals surface area (Å²) < 4.78 is 14.8. The number of anilines is 1. The molecule has 0 radical (unpaired) electrons. The molecular formula is C30H39ClN8O8S2. The highest BCUT2D eigenvalue weighted by atomic mass is 35.5. The van der Waals surface area contributed by atoms with Crippen LogP contribution >= 0.6 is 35.7 Å². The highest BCUT2D eigenvalue weighted by molar-refractivity contribution is 8.00. The molecule has 1 aromatic heterocycles. The SMILES string of the molecule is CC/C=C(\COC(=O)C1=C(/C=C2\CCN(C3CCNC3)C2=O)CSC2[C@H](NC(=O)/C(=N\O)c3nsc(N)n3)C(=O)N12)C(=O)OCC(C)C.Cl. The van der Waals surface area contributed by atoms with E-state index in [1.807, 2.05) is 25.7 Å². The maximum absolute atomic E-state index is 13.8. The lowest BCUT2D eigenvalue weighted by molar-refractivity contribution is -0.152. The zero-order chi connectivity index (χ0) is 34.5. The van der Waals surface area contributed by atoms with Gasteiger partial charge in [-0.3, -0.25) is 19.3 Å². The van der Waals surface area contributed by atoms with E-state index in [0.29, 0.717) is 37.1 Å². The molecule has 4 aliphatic heterocycles. The Balaban J connectivity index is 0.00000541. The van der Waals surface area contributed by atoms with Gasteiger partial charge in [-0.15, -0.1) is 24.2 Å². The molecule has 0 aromatic carbocycles. The minimum absolute atomic E-state index is 0. The quantitative estimate of drug-likeness (QED) is 0.0588. The number of amides is 3. The number of hydrogen-bond acceptors (Lipinski definition) is 15. The van der Waals surface area contributed by atoms with E-state index in [2.05, 4.69) is 25.1 Å². The van der Waals surface area contributed by atoms with Gasteiger partial charge in [0.25, 0.3) is 11.8 Å². The predicted molar refractivity (Wildman–Crippen MR) is 183 cm³/mol. The van der Waals surface area contributed by atoms with Crippen LogP contribution in [0, 0.1) is 5.92 Å². The van der Waals surface area contributed by atoms with Crippen LogP contribution < -0.4 is 16.4 Å². The van der Waals surface area contributed by atoms with Gasteiger partial charge < -0.3 is 35.9 Å². The van der Waals surface area contributed by atoms with Crippen molar-refractivity contribution in [3.8, 4) is 0 Å². The van der Waals surface area contributed by atoms with Gasteiger partial charge in [-0.25, -0.2) is 9.59 Å². The van der Waals surface area contributed by atoms with Gasteiger partial charge in [-0.05, 0) is 43.4 Å². The van der Waals surface area contributed by atoms with Crippen molar-refractivity contribution in [3.05, 3.63) is 40.4 Å². The molecule has 49 heavy (non-hydrogen) atoms. The summed E-state index contributed by atoms with van der Waals surface area (Å²) in [7, 11) is 0. The summed E-state index contributed by atoms with van der Waals surface area (Å²) >= 11 is 2.08. The van der Waals surface area contributed by atoms with Crippen molar-refractivity contribution in [2.45, 2.75) is 57.5 Å². The molecule has 1 aromatic rings. The zero-order valence-corrected chi connectivity index (χ0v) is 29.6. The summed E-state index contributed by atoms with van der Waals surface area (Å²) in [6.45, 7) is 7.54. The molecular weight excluding hydrogens is 700 g/mol. The molecule has 266 valence electrons. The van der Waals surface area contributed by atoms with Gasteiger partial charge >= 0.3 is 11.9 Å². The summed E-state index contributed by atoms with van der Waals surface area (Å²) in [6, 6.07) is -0.997. The zero-order valence-electron chi connectivity index (χ0n) is 27.2. The summed E-state index contributed by atoms with van der Waals surface area (Å²) in [4.78, 5) is 73.3. The van der Waals surface area contributed by atoms with Crippen LogP contribution in [0.3, 0.4) is 0 Å². The number of rotatable bonds is 12. The van der Waals surface area contributed by atoms with E-state index < -0.39 is 47.5 Å². The number of likely N-dealkylation sites (tertiary alicyclic amines) is 1. The smallest absolute Gasteiger partial charge is 0.355 e. The fourth-order valence-electron chi connectivity index (χ4n) is 5.70. The van der Waals surface area contributed by atoms with E-state index >= 15 is 0 Å². The monoisotopic (exact) mass is 738 g/mol. The van der Waals surface area contributed by atoms with E-state index in [1.54, 1.807) is 12.2 Å². The number of aromatic nitrogens is 2. The molecule has 0 bridgehead atoms. The number of ether oxygens (including phenoxy) is 2. The molecule has 19 heteroatoms. The molecule has 4 aliphatic rings. The van der Waals surface area contributed by atoms with Gasteiger partial charge in [-0.2, -0.15) is 9.36 Å². The molecule has 5 heterocycles. The first kappa shape index (κ1) is 37.8. The molecule has 16 nitrogen and oxygen atoms in total. The van der Waals surface area contributed by atoms with Crippen molar-refractivity contribution in [2.75, 3.05) is 44.3 Å². The van der Waals surface area contributed by atoms with Crippen LogP contribution in [0.1, 0.15) is 45.9 Å². The number of β-lactam (4-membered cyclic amide) rings is 1. The normalized spacial score (nSPS) is 23.4. The van der Waals surface area contributed by atoms with E-state index in [-0.39, 0.29) is 64.9 Å². The topological polar surface area (TPSA) is 219 Å². The van der Waals surface area contributed by atoms with Crippen LogP contribution in [0.15, 0.2) is 39.7 Å². The average Bonchev–Trinajstić information content (AvgIpc) is 3.83. The number of thioether (sulfide) groups is 1. The maximum atomic E-state index is 13.8. The number of nitrogen functional groups attached to an aromatic ring is 1. The van der Waals surface area contributed by atoms with Gasteiger partial charge in [0, 0.05) is 42.0 Å². The number of halogens is 1. The molecule has 5 N–H and O–H groups in total. The van der Waals surface area contributed by atoms with Crippen LogP contribution in [0.4, 0.5) is 5.13 Å². The highest BCUT2D eigenvalue weighted by Gasteiger charge is 2.55. The first-order valence-corrected chi connectivity index (χ1v) is 17.4. The number of esters is 2. The molecule has 3 amide bonds. The minimum atomic E-state index is -1.09. The second-order valence-electron chi connectivity index (χ2n) is 11.9. The second kappa shape index (κ2) is 16.6. The second-order valence-corrected chi connectivity index (χ2v) is 13.8. The van der Waals surface area contributed by atoms with Crippen LogP contribution in [-0.2, 0) is 33.4 Å². The number of nitrogens with zero attached hydrogens (tertiary/aromatic N) is 5. The summed E-state index contributed by atoms with van der Waals surface area (Å²) in [5.41, 5.74) is 6.07. The Hall–Kier alpha value is -4.00. The Morgan fingerprint density at radius 2 is 2.04 bits per heavy atom. The maximum Gasteiger partial charge on any atom is 0.355 e. The Morgan fingerprint density at radius 3 is 2.67 bits per heavy atom. The largest absolute Gasteiger partial charge is 0.462 e. The van der Waals surface area contributed by atoms with Crippen molar-refractivity contribution in [2.24, 2.45) is 11.1 Å². The molecule has 0 aliphatic carbocycles. The molecule has 3 saturated heterocycles. The third-order valence-electron chi connectivity index (χ3n) is 8.05. The Labute approximate surface area is 297 Å². The first-order valence-electron chi connectivity index (χ1n) is 15.6. The Bertz CT molecular complexity index is 1600. The van der Waals surface area contributed by atoms with Gasteiger partial charge in [0.05, 0.1) is 12.2 Å². The molecule has 2 unspecified atom stereocenters. The number of carbonyl (C=O) groups is 5. The summed E-state index contributed by atoms with van der Waals surface area (Å²) in [5, 5.41) is 17.6. The number of hydrogen-bond donors (Lipinski definition) is 4. The predicted octanol–water partition coefficient (Wildman–Crippen LogP) is 0.974. The van der Waals surface area contributed by atoms with Crippen molar-refractivity contribution in [3.63, 3.8) is 0 Å². The lowest BCUT2D eigenvalue weighted by atomic mass is 10.0. The number of allylic oxidation sites excluding steroid dienone is 2. The minimum Gasteiger partial charge on any atom is -0.462 e. The van der Waals surface area contributed by atoms with E-state index in [9.17, 15) is 29.2 Å². The molecule has 5 rings (SSSR count). The first-order chi connectivity index (χ1) is 23.0. The third-order valence-corrected chi connectivity index (χ3v) is 9.89. The van der Waals surface area contributed by atoms with Gasteiger partial charge in [0.15, 0.2) is 5.13 Å². The average molecular weight is 739 g/mol. The van der Waals surface area contributed by atoms with Crippen molar-refractivity contribution < 1.29 is 38.7 Å². The van der Waals surface area contributed by atoms with E-state index in [0.717, 1.165) is 24.5 Å². The fraction of sp³-hybridized carbons (Fsp3) is 0.533. The summed E-state index contributed by atoms with van der Waals surface area (Å²) in [6.07, 6.45) is 5.09. The molecule has 0 spiro atoms. The number of carbonyl (C=O) groups excluding carboxylic acids is 5. The summed E-state index contributed by atoms with van der Waals surface area (Å²) in [5.74, 6) is -3.02. The van der Waals surface area contributed by atoms with Crippen molar-refractivity contribution in [1.82, 2.24) is 29.8 Å². The Morgan fingerprint density at radius 1 is 1.27 bits per heavy atom. The van der Waals surface area contributed by atoms with Crippen LogP contribution in [0.25, 0.3) is 0 Å². The number of nitrogens with one attached hydrogen (secondary N) is 2. The van der Waals surface area contributed by atoms with Gasteiger partial charge in [0.1, 0.15) is 23.7 Å². The van der Waals surface area contributed by atoms with Crippen LogP contribution in [-0.4, -0.2) is 116 Å². The van der Waals surface area contributed by atoms with Crippen molar-refractivity contribution >= 4 is 76.2 Å². The van der Waals surface area contributed by atoms with Gasteiger partial charge in [-0.1, -0.05) is 32.0 Å².